The number of nitrogens with one attached hydrogen (secondary N) is 1. The highest BCUT2D eigenvalue weighted by molar-refractivity contribution is 7.92. The molecule has 2 rings (SSSR count). The van der Waals surface area contributed by atoms with Gasteiger partial charge >= 0.3 is 0 Å². The Labute approximate surface area is 187 Å². The standard InChI is InChI=1S/C25H36N2O3S/c1-9-23(27(31(8,29)30)22-15-10-17(2)18(3)16-22)24(28)26-19(4)20-11-13-21(14-12-20)25(5,6)7/h10-16,19,23H,9H2,1-8H3,(H,26,28)/t19-,23-/m1/s1. The van der Waals surface area contributed by atoms with Gasteiger partial charge in [-0.3, -0.25) is 9.10 Å². The molecule has 1 amide bonds. The van der Waals surface area contributed by atoms with Gasteiger partial charge in [-0.2, -0.15) is 0 Å². The first-order valence-corrected chi connectivity index (χ1v) is 12.6. The Morgan fingerprint density at radius 3 is 2.06 bits per heavy atom. The fourth-order valence-corrected chi connectivity index (χ4v) is 4.79. The maximum atomic E-state index is 13.2. The van der Waals surface area contributed by atoms with E-state index >= 15 is 0 Å². The lowest BCUT2D eigenvalue weighted by atomic mass is 9.86. The van der Waals surface area contributed by atoms with Crippen LogP contribution in [0.3, 0.4) is 0 Å². The summed E-state index contributed by atoms with van der Waals surface area (Å²) in [6, 6.07) is 12.6. The van der Waals surface area contributed by atoms with E-state index in [1.165, 1.54) is 9.87 Å². The summed E-state index contributed by atoms with van der Waals surface area (Å²) in [6.45, 7) is 14.1. The second-order valence-electron chi connectivity index (χ2n) is 9.35. The van der Waals surface area contributed by atoms with E-state index in [0.717, 1.165) is 22.9 Å². The molecule has 0 bridgehead atoms. The SMILES string of the molecule is CC[C@H](C(=O)N[C@H](C)c1ccc(C(C)(C)C)cc1)N(c1ccc(C)c(C)c1)S(C)(=O)=O. The second-order valence-corrected chi connectivity index (χ2v) is 11.2. The van der Waals surface area contributed by atoms with Crippen LogP contribution in [-0.4, -0.2) is 26.6 Å². The molecule has 1 N–H and O–H groups in total. The summed E-state index contributed by atoms with van der Waals surface area (Å²) in [5, 5.41) is 3.01. The lowest BCUT2D eigenvalue weighted by Gasteiger charge is -2.31. The zero-order chi connectivity index (χ0) is 23.6. The van der Waals surface area contributed by atoms with Crippen molar-refractivity contribution in [3.63, 3.8) is 0 Å². The second kappa shape index (κ2) is 9.43. The fraction of sp³-hybridized carbons (Fsp3) is 0.480. The number of hydrogen-bond acceptors (Lipinski definition) is 3. The number of amides is 1. The molecule has 6 heteroatoms. The normalized spacial score (nSPS) is 14.1. The van der Waals surface area contributed by atoms with E-state index in [0.29, 0.717) is 12.1 Å². The van der Waals surface area contributed by atoms with Crippen LogP contribution in [0, 0.1) is 13.8 Å². The predicted octanol–water partition coefficient (Wildman–Crippen LogP) is 5.02. The van der Waals surface area contributed by atoms with Crippen LogP contribution in [0.4, 0.5) is 5.69 Å². The van der Waals surface area contributed by atoms with Gasteiger partial charge in [-0.05, 0) is 67.0 Å². The minimum atomic E-state index is -3.65. The Hall–Kier alpha value is -2.34. The molecular weight excluding hydrogens is 408 g/mol. The molecule has 0 aromatic heterocycles. The number of anilines is 1. The Balaban J connectivity index is 2.30. The summed E-state index contributed by atoms with van der Waals surface area (Å²) in [5.41, 5.74) is 4.82. The van der Waals surface area contributed by atoms with E-state index in [1.54, 1.807) is 6.07 Å². The molecule has 0 saturated carbocycles. The molecule has 0 spiro atoms. The number of nitrogens with zero attached hydrogens (tertiary/aromatic N) is 1. The molecule has 0 heterocycles. The summed E-state index contributed by atoms with van der Waals surface area (Å²) in [7, 11) is -3.65. The summed E-state index contributed by atoms with van der Waals surface area (Å²) in [4.78, 5) is 13.2. The van der Waals surface area contributed by atoms with E-state index in [9.17, 15) is 13.2 Å². The van der Waals surface area contributed by atoms with E-state index < -0.39 is 16.1 Å². The van der Waals surface area contributed by atoms with Gasteiger partial charge in [0.2, 0.25) is 15.9 Å². The average molecular weight is 445 g/mol. The van der Waals surface area contributed by atoms with Crippen molar-refractivity contribution in [1.82, 2.24) is 5.32 Å². The molecule has 2 aromatic carbocycles. The van der Waals surface area contributed by atoms with Crippen LogP contribution >= 0.6 is 0 Å². The fourth-order valence-electron chi connectivity index (χ4n) is 3.59. The summed E-state index contributed by atoms with van der Waals surface area (Å²) in [5.74, 6) is -0.307. The quantitative estimate of drug-likeness (QED) is 0.652. The van der Waals surface area contributed by atoms with Gasteiger partial charge in [-0.25, -0.2) is 8.42 Å². The van der Waals surface area contributed by atoms with Gasteiger partial charge in [0.25, 0.3) is 0 Å². The van der Waals surface area contributed by atoms with Crippen LogP contribution in [-0.2, 0) is 20.2 Å². The third kappa shape index (κ3) is 6.10. The first-order valence-electron chi connectivity index (χ1n) is 10.7. The van der Waals surface area contributed by atoms with Crippen LogP contribution in [0.5, 0.6) is 0 Å². The van der Waals surface area contributed by atoms with E-state index in [4.69, 9.17) is 0 Å². The maximum Gasteiger partial charge on any atom is 0.244 e. The highest BCUT2D eigenvalue weighted by atomic mass is 32.2. The number of carbonyl (C=O) groups is 1. The number of sulfonamides is 1. The summed E-state index contributed by atoms with van der Waals surface area (Å²) in [6.07, 6.45) is 1.51. The third-order valence-electron chi connectivity index (χ3n) is 5.71. The molecule has 2 aromatic rings. The zero-order valence-corrected chi connectivity index (χ0v) is 20.8. The lowest BCUT2D eigenvalue weighted by Crippen LogP contribution is -2.49. The minimum Gasteiger partial charge on any atom is -0.348 e. The van der Waals surface area contributed by atoms with E-state index in [1.807, 2.05) is 52.0 Å². The van der Waals surface area contributed by atoms with Crippen molar-refractivity contribution >= 4 is 21.6 Å². The van der Waals surface area contributed by atoms with Crippen molar-refractivity contribution in [2.75, 3.05) is 10.6 Å². The molecule has 31 heavy (non-hydrogen) atoms. The summed E-state index contributed by atoms with van der Waals surface area (Å²) >= 11 is 0. The molecule has 0 aliphatic heterocycles. The third-order valence-corrected chi connectivity index (χ3v) is 6.89. The predicted molar refractivity (Wildman–Crippen MR) is 129 cm³/mol. The molecular formula is C25H36N2O3S. The van der Waals surface area contributed by atoms with Gasteiger partial charge in [0.05, 0.1) is 18.0 Å². The monoisotopic (exact) mass is 444 g/mol. The van der Waals surface area contributed by atoms with Crippen molar-refractivity contribution in [3.8, 4) is 0 Å². The number of hydrogen-bond donors (Lipinski definition) is 1. The molecule has 5 nitrogen and oxygen atoms in total. The minimum absolute atomic E-state index is 0.0560. The van der Waals surface area contributed by atoms with E-state index in [2.05, 4.69) is 38.2 Å². The summed E-state index contributed by atoms with van der Waals surface area (Å²) < 4.78 is 26.6. The smallest absolute Gasteiger partial charge is 0.244 e. The van der Waals surface area contributed by atoms with Gasteiger partial charge < -0.3 is 5.32 Å². The van der Waals surface area contributed by atoms with Gasteiger partial charge in [-0.1, -0.05) is 58.0 Å². The van der Waals surface area contributed by atoms with Crippen LogP contribution < -0.4 is 9.62 Å². The molecule has 2 atom stereocenters. The van der Waals surface area contributed by atoms with Gasteiger partial charge in [-0.15, -0.1) is 0 Å². The van der Waals surface area contributed by atoms with Gasteiger partial charge in [0, 0.05) is 0 Å². The Morgan fingerprint density at radius 1 is 1.03 bits per heavy atom. The Morgan fingerprint density at radius 2 is 1.61 bits per heavy atom. The van der Waals surface area contributed by atoms with Crippen molar-refractivity contribution in [1.29, 1.82) is 0 Å². The highest BCUT2D eigenvalue weighted by Crippen LogP contribution is 2.27. The van der Waals surface area contributed by atoms with Crippen molar-refractivity contribution in [2.45, 2.75) is 72.4 Å². The number of benzene rings is 2. The van der Waals surface area contributed by atoms with Crippen LogP contribution in [0.15, 0.2) is 42.5 Å². The molecule has 0 unspecified atom stereocenters. The van der Waals surface area contributed by atoms with Crippen LogP contribution in [0.2, 0.25) is 0 Å². The number of carbonyl (C=O) groups excluding carboxylic acids is 1. The first kappa shape index (κ1) is 24.9. The maximum absolute atomic E-state index is 13.2. The Kier molecular flexibility index (Phi) is 7.58. The highest BCUT2D eigenvalue weighted by Gasteiger charge is 2.32. The van der Waals surface area contributed by atoms with E-state index in [-0.39, 0.29) is 17.4 Å². The van der Waals surface area contributed by atoms with Crippen molar-refractivity contribution in [2.24, 2.45) is 0 Å². The van der Waals surface area contributed by atoms with Crippen molar-refractivity contribution in [3.05, 3.63) is 64.7 Å². The molecule has 170 valence electrons. The van der Waals surface area contributed by atoms with Gasteiger partial charge in [0.1, 0.15) is 6.04 Å². The van der Waals surface area contributed by atoms with Gasteiger partial charge in [0.15, 0.2) is 0 Å². The lowest BCUT2D eigenvalue weighted by molar-refractivity contribution is -0.122. The van der Waals surface area contributed by atoms with Crippen LogP contribution in [0.25, 0.3) is 0 Å². The molecule has 0 aliphatic carbocycles. The molecule has 0 fully saturated rings. The first-order chi connectivity index (χ1) is 14.3. The average Bonchev–Trinajstić information content (AvgIpc) is 2.66. The number of aryl methyl sites for hydroxylation is 2. The topological polar surface area (TPSA) is 66.5 Å². The molecule has 0 radical (unpaired) electrons. The largest absolute Gasteiger partial charge is 0.348 e. The Bertz CT molecular complexity index is 1020. The molecule has 0 aliphatic rings. The van der Waals surface area contributed by atoms with Crippen molar-refractivity contribution < 1.29 is 13.2 Å². The van der Waals surface area contributed by atoms with Crippen LogP contribution in [0.1, 0.15) is 69.3 Å². The number of rotatable bonds is 7. The zero-order valence-electron chi connectivity index (χ0n) is 20.0. The molecule has 0 saturated heterocycles.